The molecule has 4 heteroatoms. The highest BCUT2D eigenvalue weighted by molar-refractivity contribution is 5.74. The highest BCUT2D eigenvalue weighted by Crippen LogP contribution is 2.29. The summed E-state index contributed by atoms with van der Waals surface area (Å²) in [5.74, 6) is 2.01. The molecule has 2 heterocycles. The molecule has 1 aliphatic rings. The van der Waals surface area contributed by atoms with Crippen molar-refractivity contribution in [2.75, 3.05) is 5.73 Å². The standard InChI is InChI=1S/C13H16N4/c1-9-5-4-6-10(12(9)14)13-16-15-11-7-2-3-8-17(11)13/h4-6H,2-3,7-8,14H2,1H3. The van der Waals surface area contributed by atoms with Crippen molar-refractivity contribution in [1.82, 2.24) is 14.8 Å². The van der Waals surface area contributed by atoms with Gasteiger partial charge in [0.1, 0.15) is 5.82 Å². The predicted molar refractivity (Wildman–Crippen MR) is 67.5 cm³/mol. The number of fused-ring (bicyclic) bond motifs is 1. The van der Waals surface area contributed by atoms with E-state index in [0.29, 0.717) is 0 Å². The van der Waals surface area contributed by atoms with Crippen LogP contribution >= 0.6 is 0 Å². The summed E-state index contributed by atoms with van der Waals surface area (Å²) in [5, 5.41) is 8.56. The van der Waals surface area contributed by atoms with Gasteiger partial charge < -0.3 is 10.3 Å². The third-order valence-electron chi connectivity index (χ3n) is 3.42. The maximum atomic E-state index is 6.13. The van der Waals surface area contributed by atoms with Crippen LogP contribution in [0, 0.1) is 6.92 Å². The highest BCUT2D eigenvalue weighted by Gasteiger charge is 2.18. The summed E-state index contributed by atoms with van der Waals surface area (Å²) in [7, 11) is 0. The molecule has 17 heavy (non-hydrogen) atoms. The van der Waals surface area contributed by atoms with Crippen molar-refractivity contribution < 1.29 is 0 Å². The second kappa shape index (κ2) is 3.87. The van der Waals surface area contributed by atoms with E-state index >= 15 is 0 Å². The number of hydrogen-bond acceptors (Lipinski definition) is 3. The smallest absolute Gasteiger partial charge is 0.166 e. The number of aromatic nitrogens is 3. The van der Waals surface area contributed by atoms with Crippen LogP contribution in [0.3, 0.4) is 0 Å². The Bertz CT molecular complexity index is 557. The molecule has 0 bridgehead atoms. The zero-order chi connectivity index (χ0) is 11.8. The van der Waals surface area contributed by atoms with Crippen molar-refractivity contribution in [2.24, 2.45) is 0 Å². The minimum absolute atomic E-state index is 0.813. The summed E-state index contributed by atoms with van der Waals surface area (Å²) in [6.07, 6.45) is 3.43. The van der Waals surface area contributed by atoms with Crippen LogP contribution in [0.2, 0.25) is 0 Å². The molecule has 0 radical (unpaired) electrons. The number of para-hydroxylation sites is 1. The molecule has 3 rings (SSSR count). The molecule has 0 atom stereocenters. The summed E-state index contributed by atoms with van der Waals surface area (Å²) in [4.78, 5) is 0. The van der Waals surface area contributed by atoms with Gasteiger partial charge in [0.05, 0.1) is 0 Å². The molecular weight excluding hydrogens is 212 g/mol. The van der Waals surface area contributed by atoms with Crippen LogP contribution in [0.5, 0.6) is 0 Å². The molecule has 88 valence electrons. The Labute approximate surface area is 100 Å². The van der Waals surface area contributed by atoms with Crippen molar-refractivity contribution in [1.29, 1.82) is 0 Å². The molecule has 2 N–H and O–H groups in total. The van der Waals surface area contributed by atoms with Crippen LogP contribution in [0.4, 0.5) is 5.69 Å². The Morgan fingerprint density at radius 1 is 1.24 bits per heavy atom. The molecule has 0 fully saturated rings. The lowest BCUT2D eigenvalue weighted by Gasteiger charge is -2.15. The topological polar surface area (TPSA) is 56.7 Å². The molecule has 2 aromatic rings. The van der Waals surface area contributed by atoms with E-state index in [2.05, 4.69) is 14.8 Å². The van der Waals surface area contributed by atoms with Crippen molar-refractivity contribution in [3.63, 3.8) is 0 Å². The molecule has 0 saturated heterocycles. The van der Waals surface area contributed by atoms with Gasteiger partial charge in [-0.15, -0.1) is 10.2 Å². The molecule has 0 aliphatic carbocycles. The van der Waals surface area contributed by atoms with Crippen LogP contribution in [-0.4, -0.2) is 14.8 Å². The van der Waals surface area contributed by atoms with Crippen LogP contribution in [0.15, 0.2) is 18.2 Å². The maximum absolute atomic E-state index is 6.13. The number of anilines is 1. The monoisotopic (exact) mass is 228 g/mol. The summed E-state index contributed by atoms with van der Waals surface area (Å²) in [5.41, 5.74) is 9.04. The second-order valence-corrected chi connectivity index (χ2v) is 4.58. The number of aryl methyl sites for hydroxylation is 2. The van der Waals surface area contributed by atoms with Gasteiger partial charge in [0, 0.05) is 24.2 Å². The van der Waals surface area contributed by atoms with E-state index in [0.717, 1.165) is 41.4 Å². The van der Waals surface area contributed by atoms with Gasteiger partial charge in [0.25, 0.3) is 0 Å². The second-order valence-electron chi connectivity index (χ2n) is 4.58. The van der Waals surface area contributed by atoms with Crippen LogP contribution < -0.4 is 5.73 Å². The Balaban J connectivity index is 2.15. The summed E-state index contributed by atoms with van der Waals surface area (Å²) >= 11 is 0. The first-order chi connectivity index (χ1) is 8.27. The zero-order valence-corrected chi connectivity index (χ0v) is 9.98. The molecular formula is C13H16N4. The number of benzene rings is 1. The molecule has 1 aromatic heterocycles. The normalized spacial score (nSPS) is 14.6. The number of rotatable bonds is 1. The van der Waals surface area contributed by atoms with Gasteiger partial charge in [0.15, 0.2) is 5.82 Å². The van der Waals surface area contributed by atoms with E-state index < -0.39 is 0 Å². The highest BCUT2D eigenvalue weighted by atomic mass is 15.3. The number of nitrogens with zero attached hydrogens (tertiary/aromatic N) is 3. The Morgan fingerprint density at radius 2 is 2.12 bits per heavy atom. The summed E-state index contributed by atoms with van der Waals surface area (Å²) in [6, 6.07) is 6.06. The lowest BCUT2D eigenvalue weighted by molar-refractivity contribution is 0.526. The first kappa shape index (κ1) is 10.3. The maximum Gasteiger partial charge on any atom is 0.166 e. The average molecular weight is 228 g/mol. The van der Waals surface area contributed by atoms with Crippen LogP contribution in [0.1, 0.15) is 24.2 Å². The van der Waals surface area contributed by atoms with Crippen LogP contribution in [-0.2, 0) is 13.0 Å². The molecule has 0 spiro atoms. The van der Waals surface area contributed by atoms with Gasteiger partial charge in [-0.3, -0.25) is 0 Å². The predicted octanol–water partition coefficient (Wildman–Crippen LogP) is 2.17. The number of hydrogen-bond donors (Lipinski definition) is 1. The van der Waals surface area contributed by atoms with Crippen molar-refractivity contribution in [3.05, 3.63) is 29.6 Å². The number of nitrogens with two attached hydrogens (primary N) is 1. The lowest BCUT2D eigenvalue weighted by Crippen LogP contribution is -2.12. The Kier molecular flexibility index (Phi) is 2.35. The van der Waals surface area contributed by atoms with Gasteiger partial charge in [-0.25, -0.2) is 0 Å². The molecule has 0 amide bonds. The van der Waals surface area contributed by atoms with E-state index in [-0.39, 0.29) is 0 Å². The third-order valence-corrected chi connectivity index (χ3v) is 3.42. The van der Waals surface area contributed by atoms with Gasteiger partial charge in [-0.1, -0.05) is 12.1 Å². The summed E-state index contributed by atoms with van der Waals surface area (Å²) < 4.78 is 2.20. The van der Waals surface area contributed by atoms with Gasteiger partial charge >= 0.3 is 0 Å². The number of nitrogen functional groups attached to an aromatic ring is 1. The van der Waals surface area contributed by atoms with E-state index in [1.807, 2.05) is 25.1 Å². The van der Waals surface area contributed by atoms with E-state index in [4.69, 9.17) is 5.73 Å². The molecule has 4 nitrogen and oxygen atoms in total. The Morgan fingerprint density at radius 3 is 3.00 bits per heavy atom. The quantitative estimate of drug-likeness (QED) is 0.761. The SMILES string of the molecule is Cc1cccc(-c2nnc3n2CCCC3)c1N. The minimum atomic E-state index is 0.813. The van der Waals surface area contributed by atoms with E-state index in [9.17, 15) is 0 Å². The largest absolute Gasteiger partial charge is 0.398 e. The fourth-order valence-electron chi connectivity index (χ4n) is 2.38. The molecule has 1 aromatic carbocycles. The van der Waals surface area contributed by atoms with E-state index in [1.54, 1.807) is 0 Å². The average Bonchev–Trinajstić information content (AvgIpc) is 2.77. The molecule has 1 aliphatic heterocycles. The first-order valence-electron chi connectivity index (χ1n) is 6.05. The van der Waals surface area contributed by atoms with Gasteiger partial charge in [-0.05, 0) is 31.4 Å². The Hall–Kier alpha value is -1.84. The summed E-state index contributed by atoms with van der Waals surface area (Å²) in [6.45, 7) is 3.03. The zero-order valence-electron chi connectivity index (χ0n) is 9.98. The van der Waals surface area contributed by atoms with Crippen LogP contribution in [0.25, 0.3) is 11.4 Å². The van der Waals surface area contributed by atoms with Crippen molar-refractivity contribution in [3.8, 4) is 11.4 Å². The lowest BCUT2D eigenvalue weighted by atomic mass is 10.1. The van der Waals surface area contributed by atoms with Gasteiger partial charge in [-0.2, -0.15) is 0 Å². The first-order valence-corrected chi connectivity index (χ1v) is 6.05. The van der Waals surface area contributed by atoms with Crippen molar-refractivity contribution >= 4 is 5.69 Å². The third kappa shape index (κ3) is 1.60. The fraction of sp³-hybridized carbons (Fsp3) is 0.385. The fourth-order valence-corrected chi connectivity index (χ4v) is 2.38. The van der Waals surface area contributed by atoms with E-state index in [1.165, 1.54) is 12.8 Å². The molecule has 0 unspecified atom stereocenters. The molecule has 0 saturated carbocycles. The van der Waals surface area contributed by atoms with Gasteiger partial charge in [0.2, 0.25) is 0 Å². The van der Waals surface area contributed by atoms with Crippen molar-refractivity contribution in [2.45, 2.75) is 32.7 Å². The minimum Gasteiger partial charge on any atom is -0.398 e.